The third kappa shape index (κ3) is 0.986. The van der Waals surface area contributed by atoms with Crippen LogP contribution in [0.4, 0.5) is 0 Å². The first kappa shape index (κ1) is 7.12. The van der Waals surface area contributed by atoms with Crippen molar-refractivity contribution in [2.24, 2.45) is 11.0 Å². The molecule has 0 aliphatic carbocycles. The molecule has 0 radical (unpaired) electrons. The fourth-order valence-corrected chi connectivity index (χ4v) is 0.909. The van der Waals surface area contributed by atoms with Gasteiger partial charge < -0.3 is 10.1 Å². The van der Waals surface area contributed by atoms with Crippen LogP contribution in [0.15, 0.2) is 5.10 Å². The highest BCUT2D eigenvalue weighted by Gasteiger charge is 2.29. The zero-order valence-corrected chi connectivity index (χ0v) is 5.98. The van der Waals surface area contributed by atoms with Crippen LogP contribution < -0.4 is 0 Å². The van der Waals surface area contributed by atoms with Crippen molar-refractivity contribution in [3.8, 4) is 0 Å². The topological polar surface area (TPSA) is 52.9 Å². The molecule has 1 aliphatic heterocycles. The summed E-state index contributed by atoms with van der Waals surface area (Å²) in [7, 11) is 3.61. The SMILES string of the molecule is BC1C(C(=O)O)C=NN1C. The summed E-state index contributed by atoms with van der Waals surface area (Å²) in [5.74, 6) is -1.26. The Morgan fingerprint density at radius 2 is 2.50 bits per heavy atom. The molecule has 2 unspecified atom stereocenters. The van der Waals surface area contributed by atoms with Gasteiger partial charge >= 0.3 is 5.97 Å². The summed E-state index contributed by atoms with van der Waals surface area (Å²) in [6.07, 6.45) is 1.47. The number of nitrogens with zero attached hydrogens (tertiary/aromatic N) is 2. The van der Waals surface area contributed by atoms with Crippen LogP contribution in [-0.2, 0) is 4.79 Å². The van der Waals surface area contributed by atoms with Crippen molar-refractivity contribution in [2.75, 3.05) is 7.05 Å². The lowest BCUT2D eigenvalue weighted by Crippen LogP contribution is -2.34. The minimum absolute atomic E-state index is 0.0162. The molecule has 1 heterocycles. The van der Waals surface area contributed by atoms with E-state index < -0.39 is 11.9 Å². The molecule has 0 bridgehead atoms. The molecule has 54 valence electrons. The van der Waals surface area contributed by atoms with Gasteiger partial charge in [0, 0.05) is 19.2 Å². The zero-order valence-electron chi connectivity index (χ0n) is 5.98. The van der Waals surface area contributed by atoms with Crippen molar-refractivity contribution in [1.29, 1.82) is 0 Å². The maximum Gasteiger partial charge on any atom is 0.313 e. The highest BCUT2D eigenvalue weighted by Crippen LogP contribution is 2.11. The lowest BCUT2D eigenvalue weighted by Gasteiger charge is -2.16. The number of rotatable bonds is 1. The van der Waals surface area contributed by atoms with Crippen LogP contribution in [-0.4, -0.2) is 43.1 Å². The molecular weight excluding hydrogens is 131 g/mol. The summed E-state index contributed by atoms with van der Waals surface area (Å²) in [6.45, 7) is 0. The molecule has 0 fully saturated rings. The first-order valence-electron chi connectivity index (χ1n) is 3.12. The van der Waals surface area contributed by atoms with Crippen LogP contribution in [0.1, 0.15) is 0 Å². The van der Waals surface area contributed by atoms with Crippen molar-refractivity contribution in [3.63, 3.8) is 0 Å². The lowest BCUT2D eigenvalue weighted by atomic mass is 9.85. The average molecular weight is 140 g/mol. The predicted octanol–water partition coefficient (Wildman–Crippen LogP) is -1.42. The number of aliphatic carboxylic acids is 1. The molecule has 0 aromatic rings. The first-order valence-corrected chi connectivity index (χ1v) is 3.12. The van der Waals surface area contributed by atoms with Crippen LogP contribution in [0, 0.1) is 5.92 Å². The van der Waals surface area contributed by atoms with Gasteiger partial charge in [0.1, 0.15) is 13.8 Å². The maximum absolute atomic E-state index is 10.4. The van der Waals surface area contributed by atoms with Gasteiger partial charge in [0.25, 0.3) is 0 Å². The van der Waals surface area contributed by atoms with E-state index in [0.29, 0.717) is 0 Å². The highest BCUT2D eigenvalue weighted by atomic mass is 16.4. The van der Waals surface area contributed by atoms with Crippen LogP contribution >= 0.6 is 0 Å². The predicted molar refractivity (Wildman–Crippen MR) is 39.7 cm³/mol. The summed E-state index contributed by atoms with van der Waals surface area (Å²) >= 11 is 0. The lowest BCUT2D eigenvalue weighted by molar-refractivity contribution is -0.139. The molecule has 0 aromatic carbocycles. The summed E-state index contributed by atoms with van der Waals surface area (Å²) in [4.78, 5) is 10.4. The van der Waals surface area contributed by atoms with Gasteiger partial charge in [0.15, 0.2) is 0 Å². The summed E-state index contributed by atoms with van der Waals surface area (Å²) in [5.41, 5.74) is 0. The Kier molecular flexibility index (Phi) is 1.65. The summed E-state index contributed by atoms with van der Waals surface area (Å²) in [5, 5.41) is 14.1. The fraction of sp³-hybridized carbons (Fsp3) is 0.600. The molecule has 4 nitrogen and oxygen atoms in total. The summed E-state index contributed by atoms with van der Waals surface area (Å²) in [6, 6.07) is 0. The second kappa shape index (κ2) is 2.32. The van der Waals surface area contributed by atoms with Gasteiger partial charge in [0.2, 0.25) is 0 Å². The minimum atomic E-state index is -0.805. The van der Waals surface area contributed by atoms with Crippen molar-refractivity contribution in [1.82, 2.24) is 5.01 Å². The van der Waals surface area contributed by atoms with Gasteiger partial charge in [-0.1, -0.05) is 0 Å². The van der Waals surface area contributed by atoms with Crippen LogP contribution in [0.3, 0.4) is 0 Å². The molecule has 2 atom stereocenters. The van der Waals surface area contributed by atoms with Gasteiger partial charge in [-0.3, -0.25) is 4.79 Å². The largest absolute Gasteiger partial charge is 0.481 e. The van der Waals surface area contributed by atoms with E-state index in [4.69, 9.17) is 5.11 Å². The van der Waals surface area contributed by atoms with Crippen molar-refractivity contribution in [3.05, 3.63) is 0 Å². The molecule has 0 saturated heterocycles. The average Bonchev–Trinajstić information content (AvgIpc) is 2.14. The second-order valence-electron chi connectivity index (χ2n) is 2.44. The third-order valence-electron chi connectivity index (χ3n) is 1.80. The summed E-state index contributed by atoms with van der Waals surface area (Å²) < 4.78 is 0. The van der Waals surface area contributed by atoms with Crippen LogP contribution in [0.2, 0.25) is 0 Å². The van der Waals surface area contributed by atoms with Gasteiger partial charge in [0.05, 0.1) is 0 Å². The van der Waals surface area contributed by atoms with Gasteiger partial charge in [-0.25, -0.2) is 0 Å². The second-order valence-corrected chi connectivity index (χ2v) is 2.44. The highest BCUT2D eigenvalue weighted by molar-refractivity contribution is 6.16. The Bertz CT molecular complexity index is 182. The monoisotopic (exact) mass is 140 g/mol. The van der Waals surface area contributed by atoms with E-state index in [1.807, 2.05) is 7.85 Å². The number of carboxylic acid groups (broad SMARTS) is 1. The Morgan fingerprint density at radius 1 is 1.90 bits per heavy atom. The minimum Gasteiger partial charge on any atom is -0.481 e. The normalized spacial score (nSPS) is 31.1. The number of hydrogen-bond acceptors (Lipinski definition) is 3. The molecule has 0 saturated carbocycles. The maximum atomic E-state index is 10.4. The molecule has 0 aromatic heterocycles. The van der Waals surface area contributed by atoms with Gasteiger partial charge in [-0.05, 0) is 0 Å². The van der Waals surface area contributed by atoms with Crippen LogP contribution in [0.25, 0.3) is 0 Å². The van der Waals surface area contributed by atoms with E-state index >= 15 is 0 Å². The van der Waals surface area contributed by atoms with Gasteiger partial charge in [-0.15, -0.1) is 0 Å². The van der Waals surface area contributed by atoms with Crippen LogP contribution in [0.5, 0.6) is 0 Å². The molecule has 1 rings (SSSR count). The van der Waals surface area contributed by atoms with Crippen molar-refractivity contribution in [2.45, 2.75) is 5.94 Å². The van der Waals surface area contributed by atoms with Crippen molar-refractivity contribution < 1.29 is 9.90 Å². The van der Waals surface area contributed by atoms with E-state index in [9.17, 15) is 4.79 Å². The van der Waals surface area contributed by atoms with E-state index in [0.717, 1.165) is 0 Å². The van der Waals surface area contributed by atoms with E-state index in [-0.39, 0.29) is 5.94 Å². The zero-order chi connectivity index (χ0) is 7.72. The number of hydrazone groups is 1. The molecule has 1 aliphatic rings. The Labute approximate surface area is 59.9 Å². The van der Waals surface area contributed by atoms with Gasteiger partial charge in [-0.2, -0.15) is 5.10 Å². The quantitative estimate of drug-likeness (QED) is 0.454. The Hall–Kier alpha value is -0.995. The molecule has 0 spiro atoms. The first-order chi connectivity index (χ1) is 4.63. The molecular formula is C5H9BN2O2. The Balaban J connectivity index is 2.66. The van der Waals surface area contributed by atoms with E-state index in [2.05, 4.69) is 5.10 Å². The molecule has 0 amide bonds. The van der Waals surface area contributed by atoms with Crippen molar-refractivity contribution >= 4 is 20.0 Å². The smallest absolute Gasteiger partial charge is 0.313 e. The van der Waals surface area contributed by atoms with E-state index in [1.54, 1.807) is 12.1 Å². The fourth-order valence-electron chi connectivity index (χ4n) is 0.909. The molecule has 10 heavy (non-hydrogen) atoms. The number of hydrogen-bond donors (Lipinski definition) is 1. The number of carboxylic acids is 1. The molecule has 5 heteroatoms. The van der Waals surface area contributed by atoms with E-state index in [1.165, 1.54) is 6.21 Å². The third-order valence-corrected chi connectivity index (χ3v) is 1.80. The standard InChI is InChI=1S/C5H9BN2O2/c1-8-4(6)3(2-7-8)5(9)10/h2-4H,6H2,1H3,(H,9,10). The Morgan fingerprint density at radius 3 is 2.70 bits per heavy atom. The number of carbonyl (C=O) groups is 1. The molecule has 1 N–H and O–H groups in total.